The summed E-state index contributed by atoms with van der Waals surface area (Å²) in [7, 11) is 0. The lowest BCUT2D eigenvalue weighted by molar-refractivity contribution is -0.384. The third kappa shape index (κ3) is 2.88. The zero-order valence-corrected chi connectivity index (χ0v) is 11.5. The van der Waals surface area contributed by atoms with Crippen molar-refractivity contribution in [3.8, 4) is 0 Å². The molecular formula is C12H15BrN2O3. The molecule has 0 radical (unpaired) electrons. The number of hydrogen-bond acceptors (Lipinski definition) is 4. The summed E-state index contributed by atoms with van der Waals surface area (Å²) >= 11 is 3.37. The highest BCUT2D eigenvalue weighted by Gasteiger charge is 2.24. The van der Waals surface area contributed by atoms with Gasteiger partial charge in [0.2, 0.25) is 0 Å². The summed E-state index contributed by atoms with van der Waals surface area (Å²) in [6.45, 7) is 1.85. The summed E-state index contributed by atoms with van der Waals surface area (Å²) in [6.07, 6.45) is 2.11. The van der Waals surface area contributed by atoms with Gasteiger partial charge >= 0.3 is 0 Å². The van der Waals surface area contributed by atoms with E-state index in [1.807, 2.05) is 0 Å². The zero-order chi connectivity index (χ0) is 13.1. The number of non-ortho nitro benzene ring substituents is 1. The molecule has 98 valence electrons. The molecule has 6 heteroatoms. The number of halogens is 1. The summed E-state index contributed by atoms with van der Waals surface area (Å²) in [5.74, 6) is 0. The average molecular weight is 315 g/mol. The van der Waals surface area contributed by atoms with Gasteiger partial charge in [0, 0.05) is 29.2 Å². The molecule has 0 bridgehead atoms. The topological polar surface area (TPSA) is 66.6 Å². The molecule has 1 heterocycles. The van der Waals surface area contributed by atoms with E-state index in [0.29, 0.717) is 6.54 Å². The molecule has 0 aliphatic carbocycles. The second kappa shape index (κ2) is 5.77. The Hall–Kier alpha value is -0.980. The van der Waals surface area contributed by atoms with Crippen molar-refractivity contribution in [2.24, 2.45) is 0 Å². The van der Waals surface area contributed by atoms with Gasteiger partial charge in [0.25, 0.3) is 5.69 Å². The molecule has 1 aliphatic rings. The number of nitro groups is 1. The summed E-state index contributed by atoms with van der Waals surface area (Å²) in [4.78, 5) is 12.5. The molecule has 5 nitrogen and oxygen atoms in total. The van der Waals surface area contributed by atoms with Gasteiger partial charge in [-0.1, -0.05) is 15.9 Å². The Kier molecular flexibility index (Phi) is 4.31. The van der Waals surface area contributed by atoms with E-state index in [4.69, 9.17) is 0 Å². The van der Waals surface area contributed by atoms with E-state index in [1.165, 1.54) is 12.1 Å². The maximum absolute atomic E-state index is 10.6. The highest BCUT2D eigenvalue weighted by Crippen LogP contribution is 2.26. The molecule has 0 aromatic heterocycles. The van der Waals surface area contributed by atoms with E-state index in [2.05, 4.69) is 20.8 Å². The number of rotatable bonds is 4. The first-order valence-electron chi connectivity index (χ1n) is 5.89. The molecule has 1 N–H and O–H groups in total. The minimum atomic E-state index is -0.402. The van der Waals surface area contributed by atoms with Crippen molar-refractivity contribution in [2.45, 2.75) is 25.4 Å². The van der Waals surface area contributed by atoms with Gasteiger partial charge in [-0.25, -0.2) is 0 Å². The number of aliphatic hydroxyl groups is 1. The van der Waals surface area contributed by atoms with E-state index in [9.17, 15) is 15.2 Å². The predicted molar refractivity (Wildman–Crippen MR) is 71.3 cm³/mol. The molecule has 1 atom stereocenters. The highest BCUT2D eigenvalue weighted by molar-refractivity contribution is 9.10. The molecule has 1 fully saturated rings. The Morgan fingerprint density at radius 2 is 2.33 bits per heavy atom. The number of nitro benzene ring substituents is 1. The lowest BCUT2D eigenvalue weighted by atomic mass is 10.1. The molecule has 18 heavy (non-hydrogen) atoms. The van der Waals surface area contributed by atoms with E-state index >= 15 is 0 Å². The van der Waals surface area contributed by atoms with Crippen molar-refractivity contribution in [3.05, 3.63) is 38.3 Å². The van der Waals surface area contributed by atoms with E-state index < -0.39 is 4.92 Å². The van der Waals surface area contributed by atoms with Gasteiger partial charge in [-0.3, -0.25) is 15.0 Å². The van der Waals surface area contributed by atoms with Gasteiger partial charge in [-0.05, 0) is 31.0 Å². The Labute approximate surface area is 114 Å². The zero-order valence-electron chi connectivity index (χ0n) is 9.88. The summed E-state index contributed by atoms with van der Waals surface area (Å²) in [5.41, 5.74) is 1.10. The molecular weight excluding hydrogens is 300 g/mol. The van der Waals surface area contributed by atoms with Crippen LogP contribution in [0.2, 0.25) is 0 Å². The first kappa shape index (κ1) is 13.5. The first-order chi connectivity index (χ1) is 8.61. The van der Waals surface area contributed by atoms with E-state index in [0.717, 1.165) is 29.4 Å². The molecule has 1 aromatic carbocycles. The lowest BCUT2D eigenvalue weighted by Gasteiger charge is -2.23. The van der Waals surface area contributed by atoms with Crippen LogP contribution in [0.5, 0.6) is 0 Å². The molecule has 0 spiro atoms. The molecule has 0 amide bonds. The second-order valence-electron chi connectivity index (χ2n) is 4.48. The van der Waals surface area contributed by atoms with Crippen LogP contribution in [0.25, 0.3) is 0 Å². The predicted octanol–water partition coefficient (Wildman–Crippen LogP) is 2.31. The van der Waals surface area contributed by atoms with Crippen molar-refractivity contribution in [3.63, 3.8) is 0 Å². The number of aliphatic hydroxyl groups excluding tert-OH is 1. The Morgan fingerprint density at radius 1 is 1.56 bits per heavy atom. The van der Waals surface area contributed by atoms with Crippen molar-refractivity contribution >= 4 is 21.6 Å². The first-order valence-corrected chi connectivity index (χ1v) is 6.69. The molecule has 1 aliphatic heterocycles. The Morgan fingerprint density at radius 3 is 2.94 bits per heavy atom. The quantitative estimate of drug-likeness (QED) is 0.684. The number of benzene rings is 1. The largest absolute Gasteiger partial charge is 0.395 e. The van der Waals surface area contributed by atoms with Gasteiger partial charge in [0.05, 0.1) is 11.5 Å². The van der Waals surface area contributed by atoms with Crippen molar-refractivity contribution in [2.75, 3.05) is 13.2 Å². The second-order valence-corrected chi connectivity index (χ2v) is 5.34. The fourth-order valence-corrected chi connectivity index (χ4v) is 2.80. The third-order valence-electron chi connectivity index (χ3n) is 3.33. The van der Waals surface area contributed by atoms with Gasteiger partial charge in [-0.15, -0.1) is 0 Å². The van der Waals surface area contributed by atoms with Crippen LogP contribution in [0.1, 0.15) is 18.4 Å². The molecule has 1 saturated heterocycles. The SMILES string of the molecule is O=[N+]([O-])c1ccc(CN2CCC[C@H]2CO)c(Br)c1. The number of nitrogens with zero attached hydrogens (tertiary/aromatic N) is 2. The molecule has 1 aromatic rings. The van der Waals surface area contributed by atoms with Crippen LogP contribution in [-0.2, 0) is 6.54 Å². The van der Waals surface area contributed by atoms with Crippen molar-refractivity contribution in [1.82, 2.24) is 4.90 Å². The van der Waals surface area contributed by atoms with Gasteiger partial charge in [-0.2, -0.15) is 0 Å². The van der Waals surface area contributed by atoms with Gasteiger partial charge < -0.3 is 5.11 Å². The van der Waals surface area contributed by atoms with E-state index in [1.54, 1.807) is 6.07 Å². The van der Waals surface area contributed by atoms with Crippen LogP contribution in [0.4, 0.5) is 5.69 Å². The summed E-state index contributed by atoms with van der Waals surface area (Å²) in [6, 6.07) is 5.03. The van der Waals surface area contributed by atoms with Crippen LogP contribution >= 0.6 is 15.9 Å². The minimum absolute atomic E-state index is 0.0887. The number of likely N-dealkylation sites (tertiary alicyclic amines) is 1. The Bertz CT molecular complexity index is 453. The van der Waals surface area contributed by atoms with Crippen LogP contribution in [-0.4, -0.2) is 34.1 Å². The maximum Gasteiger partial charge on any atom is 0.270 e. The van der Waals surface area contributed by atoms with Crippen molar-refractivity contribution < 1.29 is 10.0 Å². The minimum Gasteiger partial charge on any atom is -0.395 e. The average Bonchev–Trinajstić information content (AvgIpc) is 2.78. The lowest BCUT2D eigenvalue weighted by Crippen LogP contribution is -2.31. The fourth-order valence-electron chi connectivity index (χ4n) is 2.31. The fraction of sp³-hybridized carbons (Fsp3) is 0.500. The summed E-state index contributed by atoms with van der Waals surface area (Å²) < 4.78 is 0.750. The highest BCUT2D eigenvalue weighted by atomic mass is 79.9. The van der Waals surface area contributed by atoms with Gasteiger partial charge in [0.15, 0.2) is 0 Å². The standard InChI is InChI=1S/C12H15BrN2O3/c13-12-6-10(15(17)18)4-3-9(12)7-14-5-1-2-11(14)8-16/h3-4,6,11,16H,1-2,5,7-8H2/t11-/m0/s1. The smallest absolute Gasteiger partial charge is 0.270 e. The van der Waals surface area contributed by atoms with Crippen LogP contribution in [0.3, 0.4) is 0 Å². The van der Waals surface area contributed by atoms with E-state index in [-0.39, 0.29) is 18.3 Å². The summed E-state index contributed by atoms with van der Waals surface area (Å²) in [5, 5.41) is 19.9. The van der Waals surface area contributed by atoms with Crippen LogP contribution in [0.15, 0.2) is 22.7 Å². The normalized spacial score (nSPS) is 20.2. The van der Waals surface area contributed by atoms with Crippen LogP contribution < -0.4 is 0 Å². The third-order valence-corrected chi connectivity index (χ3v) is 4.07. The van der Waals surface area contributed by atoms with Crippen LogP contribution in [0, 0.1) is 10.1 Å². The maximum atomic E-state index is 10.6. The molecule has 0 unspecified atom stereocenters. The molecule has 0 saturated carbocycles. The van der Waals surface area contributed by atoms with Gasteiger partial charge in [0.1, 0.15) is 0 Å². The number of hydrogen-bond donors (Lipinski definition) is 1. The van der Waals surface area contributed by atoms with Crippen molar-refractivity contribution in [1.29, 1.82) is 0 Å². The molecule has 2 rings (SSSR count). The monoisotopic (exact) mass is 314 g/mol. The Balaban J connectivity index is 2.12.